The first-order valence-corrected chi connectivity index (χ1v) is 7.02. The van der Waals surface area contributed by atoms with E-state index in [1.54, 1.807) is 13.0 Å². The molecule has 22 heavy (non-hydrogen) atoms. The summed E-state index contributed by atoms with van der Waals surface area (Å²) >= 11 is 4.09. The molecule has 2 atom stereocenters. The van der Waals surface area contributed by atoms with Crippen LogP contribution in [0.4, 0.5) is 18.0 Å². The largest absolute Gasteiger partial charge is 0.482 e. The molecule has 2 unspecified atom stereocenters. The zero-order valence-electron chi connectivity index (χ0n) is 11.6. The number of nitrogens with one attached hydrogen (secondary N) is 2. The van der Waals surface area contributed by atoms with Crippen LogP contribution in [0.15, 0.2) is 41.8 Å². The molecule has 1 aliphatic heterocycles. The van der Waals surface area contributed by atoms with Crippen molar-refractivity contribution in [3.8, 4) is 0 Å². The Morgan fingerprint density at radius 2 is 2.00 bits per heavy atom. The lowest BCUT2D eigenvalue weighted by molar-refractivity contribution is -0.154. The summed E-state index contributed by atoms with van der Waals surface area (Å²) < 4.78 is 44.6. The van der Waals surface area contributed by atoms with Crippen molar-refractivity contribution in [3.05, 3.63) is 47.4 Å². The zero-order chi connectivity index (χ0) is 16.3. The Hall–Kier alpha value is -1.83. The van der Waals surface area contributed by atoms with Gasteiger partial charge in [-0.05, 0) is 12.5 Å². The minimum atomic E-state index is -4.60. The van der Waals surface area contributed by atoms with Gasteiger partial charge in [-0.3, -0.25) is 0 Å². The average Bonchev–Trinajstić information content (AvgIpc) is 2.74. The number of benzene rings is 1. The van der Waals surface area contributed by atoms with Crippen molar-refractivity contribution in [1.82, 2.24) is 10.6 Å². The van der Waals surface area contributed by atoms with Gasteiger partial charge in [-0.25, -0.2) is 4.79 Å². The number of hydrogen-bond acceptors (Lipinski definition) is 3. The molecule has 0 aromatic heterocycles. The number of ether oxygens (including phenoxy) is 1. The Balaban J connectivity index is 2.08. The van der Waals surface area contributed by atoms with Gasteiger partial charge in [0.15, 0.2) is 6.04 Å². The maximum Gasteiger partial charge on any atom is 0.412 e. The third kappa shape index (κ3) is 4.09. The van der Waals surface area contributed by atoms with Gasteiger partial charge in [-0.15, -0.1) is 12.6 Å². The molecule has 2 rings (SSSR count). The summed E-state index contributed by atoms with van der Waals surface area (Å²) in [5.74, 6) is 0.443. The van der Waals surface area contributed by atoms with E-state index >= 15 is 0 Å². The van der Waals surface area contributed by atoms with Crippen LogP contribution in [-0.2, 0) is 4.74 Å². The van der Waals surface area contributed by atoms with E-state index in [1.165, 1.54) is 24.3 Å². The van der Waals surface area contributed by atoms with E-state index in [9.17, 15) is 18.0 Å². The van der Waals surface area contributed by atoms with Crippen molar-refractivity contribution >= 4 is 18.7 Å². The van der Waals surface area contributed by atoms with Crippen LogP contribution in [0.25, 0.3) is 0 Å². The highest BCUT2D eigenvalue weighted by molar-refractivity contribution is 7.80. The second-order valence-electron chi connectivity index (χ2n) is 4.80. The Labute approximate surface area is 131 Å². The van der Waals surface area contributed by atoms with Crippen LogP contribution in [0.2, 0.25) is 0 Å². The van der Waals surface area contributed by atoms with E-state index in [1.807, 2.05) is 5.32 Å². The fourth-order valence-electron chi connectivity index (χ4n) is 2.08. The van der Waals surface area contributed by atoms with Crippen molar-refractivity contribution in [2.45, 2.75) is 31.0 Å². The summed E-state index contributed by atoms with van der Waals surface area (Å²) in [6, 6.07) is 4.17. The molecule has 0 bridgehead atoms. The summed E-state index contributed by atoms with van der Waals surface area (Å²) in [7, 11) is 0. The van der Waals surface area contributed by atoms with Gasteiger partial charge < -0.3 is 15.4 Å². The van der Waals surface area contributed by atoms with E-state index in [0.29, 0.717) is 17.9 Å². The molecule has 0 radical (unpaired) electrons. The van der Waals surface area contributed by atoms with Crippen LogP contribution in [0, 0.1) is 0 Å². The van der Waals surface area contributed by atoms with Crippen molar-refractivity contribution in [1.29, 1.82) is 0 Å². The molecule has 0 aliphatic carbocycles. The third-order valence-corrected chi connectivity index (χ3v) is 3.40. The quantitative estimate of drug-likeness (QED) is 0.742. The molecule has 2 N–H and O–H groups in total. The molecule has 0 saturated heterocycles. The summed E-state index contributed by atoms with van der Waals surface area (Å²) in [5, 5.41) is 4.33. The van der Waals surface area contributed by atoms with Crippen molar-refractivity contribution in [3.63, 3.8) is 0 Å². The van der Waals surface area contributed by atoms with Gasteiger partial charge >= 0.3 is 12.2 Å². The van der Waals surface area contributed by atoms with E-state index in [2.05, 4.69) is 17.9 Å². The molecule has 120 valence electrons. The third-order valence-electron chi connectivity index (χ3n) is 3.12. The van der Waals surface area contributed by atoms with Crippen LogP contribution in [0.3, 0.4) is 0 Å². The van der Waals surface area contributed by atoms with Gasteiger partial charge in [0, 0.05) is 6.42 Å². The molecule has 0 saturated carbocycles. The molecule has 0 fully saturated rings. The molecule has 2 amide bonds. The molecule has 1 aromatic rings. The van der Waals surface area contributed by atoms with Gasteiger partial charge in [0.2, 0.25) is 0 Å². The van der Waals surface area contributed by atoms with Crippen LogP contribution >= 0.6 is 12.6 Å². The number of thiol groups is 1. The average molecular weight is 332 g/mol. The van der Waals surface area contributed by atoms with Crippen molar-refractivity contribution in [2.24, 2.45) is 0 Å². The standard InChI is InChI=1S/C14H15F3N2O2S/c1-8-10(7-11(22)21-8)18-13(20)19-12(14(15,16)17)9-5-3-2-4-6-9/h2-6,11-12,22H,7H2,1H3,(H2,18,19,20). The summed E-state index contributed by atoms with van der Waals surface area (Å²) in [6.07, 6.45) is -4.27. The molecule has 8 heteroatoms. The van der Waals surface area contributed by atoms with Crippen molar-refractivity contribution < 1.29 is 22.7 Å². The fraction of sp³-hybridized carbons (Fsp3) is 0.357. The van der Waals surface area contributed by atoms with Crippen LogP contribution < -0.4 is 10.6 Å². The van der Waals surface area contributed by atoms with Crippen LogP contribution in [0.1, 0.15) is 24.9 Å². The number of amides is 2. The van der Waals surface area contributed by atoms with E-state index < -0.39 is 23.7 Å². The first-order valence-electron chi connectivity index (χ1n) is 6.51. The highest BCUT2D eigenvalue weighted by atomic mass is 32.1. The molecule has 1 aliphatic rings. The van der Waals surface area contributed by atoms with Gasteiger partial charge in [0.25, 0.3) is 0 Å². The molecular weight excluding hydrogens is 317 g/mol. The molecule has 1 heterocycles. The molecular formula is C14H15F3N2O2S. The number of hydrogen-bond donors (Lipinski definition) is 3. The Bertz CT molecular complexity index is 575. The molecule has 1 aromatic carbocycles. The number of carbonyl (C=O) groups excluding carboxylic acids is 1. The van der Waals surface area contributed by atoms with Gasteiger partial charge in [0.1, 0.15) is 11.2 Å². The maximum atomic E-state index is 13.1. The Morgan fingerprint density at radius 1 is 1.36 bits per heavy atom. The lowest BCUT2D eigenvalue weighted by atomic mass is 10.1. The molecule has 0 spiro atoms. The summed E-state index contributed by atoms with van der Waals surface area (Å²) in [6.45, 7) is 1.62. The number of carbonyl (C=O) groups is 1. The van der Waals surface area contributed by atoms with Gasteiger partial charge in [0.05, 0.1) is 5.70 Å². The van der Waals surface area contributed by atoms with E-state index in [-0.39, 0.29) is 5.56 Å². The normalized spacial score (nSPS) is 19.6. The SMILES string of the molecule is CC1=C(NC(=O)NC(c2ccccc2)C(F)(F)F)CC(S)O1. The Kier molecular flexibility index (Phi) is 4.90. The highest BCUT2D eigenvalue weighted by Crippen LogP contribution is 2.32. The smallest absolute Gasteiger partial charge is 0.412 e. The lowest BCUT2D eigenvalue weighted by Gasteiger charge is -2.22. The zero-order valence-corrected chi connectivity index (χ0v) is 12.5. The van der Waals surface area contributed by atoms with E-state index in [0.717, 1.165) is 0 Å². The molecule has 4 nitrogen and oxygen atoms in total. The topological polar surface area (TPSA) is 50.4 Å². The predicted molar refractivity (Wildman–Crippen MR) is 78.1 cm³/mol. The van der Waals surface area contributed by atoms with E-state index in [4.69, 9.17) is 4.74 Å². The number of halogens is 3. The number of rotatable bonds is 3. The number of urea groups is 1. The predicted octanol–water partition coefficient (Wildman–Crippen LogP) is 3.50. The Morgan fingerprint density at radius 3 is 2.50 bits per heavy atom. The first-order chi connectivity index (χ1) is 10.3. The summed E-state index contributed by atoms with van der Waals surface area (Å²) in [5.41, 5.74) is -0.0140. The summed E-state index contributed by atoms with van der Waals surface area (Å²) in [4.78, 5) is 11.8. The lowest BCUT2D eigenvalue weighted by Crippen LogP contribution is -2.43. The second kappa shape index (κ2) is 6.51. The minimum Gasteiger partial charge on any atom is -0.482 e. The monoisotopic (exact) mass is 332 g/mol. The minimum absolute atomic E-state index is 0.0365. The van der Waals surface area contributed by atoms with Crippen LogP contribution in [0.5, 0.6) is 0 Å². The fourth-order valence-corrected chi connectivity index (χ4v) is 2.42. The second-order valence-corrected chi connectivity index (χ2v) is 5.37. The van der Waals surface area contributed by atoms with Crippen molar-refractivity contribution in [2.75, 3.05) is 0 Å². The van der Waals surface area contributed by atoms with Gasteiger partial charge in [-0.1, -0.05) is 30.3 Å². The van der Waals surface area contributed by atoms with Crippen LogP contribution in [-0.4, -0.2) is 17.6 Å². The number of allylic oxidation sites excluding steroid dienone is 1. The maximum absolute atomic E-state index is 13.1. The highest BCUT2D eigenvalue weighted by Gasteiger charge is 2.42. The first kappa shape index (κ1) is 16.5. The number of alkyl halides is 3. The van der Waals surface area contributed by atoms with Gasteiger partial charge in [-0.2, -0.15) is 13.2 Å².